The molecule has 0 aliphatic carbocycles. The molecule has 0 amide bonds. The highest BCUT2D eigenvalue weighted by atomic mass is 79.9. The van der Waals surface area contributed by atoms with Crippen LogP contribution < -0.4 is 10.2 Å². The molecular weight excluding hydrogens is 326 g/mol. The second kappa shape index (κ2) is 7.57. The van der Waals surface area contributed by atoms with Crippen molar-refractivity contribution in [3.63, 3.8) is 0 Å². The van der Waals surface area contributed by atoms with Crippen LogP contribution >= 0.6 is 15.9 Å². The number of anilines is 1. The van der Waals surface area contributed by atoms with Crippen LogP contribution in [0.4, 0.5) is 5.82 Å². The smallest absolute Gasteiger partial charge is 0.128 e. The summed E-state index contributed by atoms with van der Waals surface area (Å²) in [7, 11) is 2.07. The van der Waals surface area contributed by atoms with Crippen LogP contribution in [-0.4, -0.2) is 18.1 Å². The number of rotatable bonds is 6. The highest BCUT2D eigenvalue weighted by Crippen LogP contribution is 2.16. The van der Waals surface area contributed by atoms with Crippen molar-refractivity contribution in [2.75, 3.05) is 11.9 Å². The van der Waals surface area contributed by atoms with Gasteiger partial charge >= 0.3 is 0 Å². The minimum atomic E-state index is 0.488. The van der Waals surface area contributed by atoms with Crippen molar-refractivity contribution in [3.8, 4) is 0 Å². The van der Waals surface area contributed by atoms with E-state index < -0.39 is 0 Å². The van der Waals surface area contributed by atoms with E-state index in [4.69, 9.17) is 0 Å². The molecular formula is C17H22BrN3. The Kier molecular flexibility index (Phi) is 5.76. The fraction of sp³-hybridized carbons (Fsp3) is 0.353. The molecule has 2 rings (SSSR count). The van der Waals surface area contributed by atoms with E-state index in [1.807, 2.05) is 6.20 Å². The average Bonchev–Trinajstić information content (AvgIpc) is 2.48. The predicted molar refractivity (Wildman–Crippen MR) is 92.5 cm³/mol. The Hall–Kier alpha value is -1.39. The maximum absolute atomic E-state index is 4.47. The van der Waals surface area contributed by atoms with Gasteiger partial charge in [0.1, 0.15) is 5.82 Å². The van der Waals surface area contributed by atoms with Crippen molar-refractivity contribution >= 4 is 21.7 Å². The van der Waals surface area contributed by atoms with E-state index in [2.05, 4.69) is 88.4 Å². The summed E-state index contributed by atoms with van der Waals surface area (Å²) in [6.45, 7) is 6.03. The lowest BCUT2D eigenvalue weighted by atomic mass is 10.2. The van der Waals surface area contributed by atoms with Gasteiger partial charge in [-0.25, -0.2) is 4.98 Å². The topological polar surface area (TPSA) is 28.2 Å². The van der Waals surface area contributed by atoms with Gasteiger partial charge in [-0.05, 0) is 35.4 Å². The summed E-state index contributed by atoms with van der Waals surface area (Å²) in [6, 6.07) is 13.1. The lowest BCUT2D eigenvalue weighted by molar-refractivity contribution is 0.588. The summed E-state index contributed by atoms with van der Waals surface area (Å²) in [5.41, 5.74) is 2.53. The van der Waals surface area contributed by atoms with E-state index >= 15 is 0 Å². The lowest BCUT2D eigenvalue weighted by Crippen LogP contribution is -2.22. The van der Waals surface area contributed by atoms with Crippen LogP contribution in [0.3, 0.4) is 0 Å². The third kappa shape index (κ3) is 5.14. The van der Waals surface area contributed by atoms with Gasteiger partial charge in [0.25, 0.3) is 0 Å². The van der Waals surface area contributed by atoms with Crippen molar-refractivity contribution in [1.82, 2.24) is 10.3 Å². The van der Waals surface area contributed by atoms with Crippen molar-refractivity contribution in [1.29, 1.82) is 0 Å². The minimum absolute atomic E-state index is 0.488. The monoisotopic (exact) mass is 347 g/mol. The normalized spacial score (nSPS) is 10.9. The van der Waals surface area contributed by atoms with Gasteiger partial charge in [0.05, 0.1) is 0 Å². The molecule has 0 saturated carbocycles. The molecule has 112 valence electrons. The molecule has 0 aliphatic heterocycles. The molecule has 0 radical (unpaired) electrons. The van der Waals surface area contributed by atoms with Gasteiger partial charge < -0.3 is 10.2 Å². The predicted octanol–water partition coefficient (Wildman–Crippen LogP) is 3.98. The molecule has 1 aromatic heterocycles. The Morgan fingerprint density at radius 2 is 1.86 bits per heavy atom. The molecule has 1 aromatic carbocycles. The molecule has 0 unspecified atom stereocenters. The molecule has 4 heteroatoms. The Morgan fingerprint density at radius 1 is 1.14 bits per heavy atom. The first kappa shape index (κ1) is 16.0. The zero-order chi connectivity index (χ0) is 15.2. The third-order valence-electron chi connectivity index (χ3n) is 3.25. The van der Waals surface area contributed by atoms with Crippen LogP contribution in [0.1, 0.15) is 25.0 Å². The maximum Gasteiger partial charge on any atom is 0.128 e. The first-order chi connectivity index (χ1) is 10.0. The van der Waals surface area contributed by atoms with Crippen molar-refractivity contribution in [2.24, 2.45) is 0 Å². The summed E-state index contributed by atoms with van der Waals surface area (Å²) in [4.78, 5) is 6.64. The number of halogens is 1. The summed E-state index contributed by atoms with van der Waals surface area (Å²) >= 11 is 3.46. The Bertz CT molecular complexity index is 567. The van der Waals surface area contributed by atoms with Crippen LogP contribution in [0.2, 0.25) is 0 Å². The van der Waals surface area contributed by atoms with Crippen LogP contribution in [0.5, 0.6) is 0 Å². The van der Waals surface area contributed by atoms with Gasteiger partial charge in [-0.3, -0.25) is 0 Å². The summed E-state index contributed by atoms with van der Waals surface area (Å²) in [5, 5.41) is 3.43. The van der Waals surface area contributed by atoms with Crippen LogP contribution in [-0.2, 0) is 13.1 Å². The molecule has 2 aromatic rings. The molecule has 0 fully saturated rings. The number of nitrogens with one attached hydrogen (secondary N) is 1. The number of pyridine rings is 1. The standard InChI is InChI=1S/C17H22BrN3/c1-13(2)20-11-15-8-9-19-17(10-15)21(3)12-14-4-6-16(18)7-5-14/h4-10,13,20H,11-12H2,1-3H3. The van der Waals surface area contributed by atoms with Crippen LogP contribution in [0.25, 0.3) is 0 Å². The van der Waals surface area contributed by atoms with Crippen molar-refractivity contribution < 1.29 is 0 Å². The zero-order valence-electron chi connectivity index (χ0n) is 12.8. The maximum atomic E-state index is 4.47. The summed E-state index contributed by atoms with van der Waals surface area (Å²) in [5.74, 6) is 1.00. The van der Waals surface area contributed by atoms with Gasteiger partial charge in [-0.2, -0.15) is 0 Å². The van der Waals surface area contributed by atoms with Crippen molar-refractivity contribution in [3.05, 3.63) is 58.2 Å². The van der Waals surface area contributed by atoms with E-state index in [1.165, 1.54) is 11.1 Å². The average molecular weight is 348 g/mol. The highest BCUT2D eigenvalue weighted by molar-refractivity contribution is 9.10. The van der Waals surface area contributed by atoms with Gasteiger partial charge in [0.2, 0.25) is 0 Å². The highest BCUT2D eigenvalue weighted by Gasteiger charge is 2.05. The lowest BCUT2D eigenvalue weighted by Gasteiger charge is -2.19. The van der Waals surface area contributed by atoms with E-state index in [0.29, 0.717) is 6.04 Å². The zero-order valence-corrected chi connectivity index (χ0v) is 14.4. The van der Waals surface area contributed by atoms with Gasteiger partial charge in [-0.1, -0.05) is 41.9 Å². The molecule has 3 nitrogen and oxygen atoms in total. The van der Waals surface area contributed by atoms with Gasteiger partial charge in [0.15, 0.2) is 0 Å². The third-order valence-corrected chi connectivity index (χ3v) is 3.78. The fourth-order valence-corrected chi connectivity index (χ4v) is 2.31. The summed E-state index contributed by atoms with van der Waals surface area (Å²) < 4.78 is 1.11. The fourth-order valence-electron chi connectivity index (χ4n) is 2.05. The van der Waals surface area contributed by atoms with Gasteiger partial charge in [-0.15, -0.1) is 0 Å². The summed E-state index contributed by atoms with van der Waals surface area (Å²) in [6.07, 6.45) is 1.88. The van der Waals surface area contributed by atoms with E-state index in [1.54, 1.807) is 0 Å². The number of hydrogen-bond donors (Lipinski definition) is 1. The first-order valence-corrected chi connectivity index (χ1v) is 7.98. The molecule has 1 heterocycles. The van der Waals surface area contributed by atoms with Crippen LogP contribution in [0, 0.1) is 0 Å². The minimum Gasteiger partial charge on any atom is -0.355 e. The molecule has 0 aliphatic rings. The number of hydrogen-bond acceptors (Lipinski definition) is 3. The molecule has 1 N–H and O–H groups in total. The van der Waals surface area contributed by atoms with E-state index in [0.717, 1.165) is 23.4 Å². The number of benzene rings is 1. The van der Waals surface area contributed by atoms with Gasteiger partial charge in [0, 0.05) is 36.8 Å². The molecule has 0 atom stereocenters. The number of aromatic nitrogens is 1. The largest absolute Gasteiger partial charge is 0.355 e. The second-order valence-corrected chi connectivity index (χ2v) is 6.46. The first-order valence-electron chi connectivity index (χ1n) is 7.18. The van der Waals surface area contributed by atoms with Crippen LogP contribution in [0.15, 0.2) is 47.1 Å². The SMILES string of the molecule is CC(C)NCc1ccnc(N(C)Cc2ccc(Br)cc2)c1. The molecule has 0 saturated heterocycles. The van der Waals surface area contributed by atoms with E-state index in [9.17, 15) is 0 Å². The quantitative estimate of drug-likeness (QED) is 0.856. The molecule has 21 heavy (non-hydrogen) atoms. The Balaban J connectivity index is 2.03. The van der Waals surface area contributed by atoms with E-state index in [-0.39, 0.29) is 0 Å². The molecule has 0 bridgehead atoms. The molecule has 0 spiro atoms. The number of nitrogens with zero attached hydrogens (tertiary/aromatic N) is 2. The Morgan fingerprint density at radius 3 is 2.52 bits per heavy atom. The van der Waals surface area contributed by atoms with Crippen molar-refractivity contribution in [2.45, 2.75) is 33.0 Å². The Labute approximate surface area is 135 Å². The second-order valence-electron chi connectivity index (χ2n) is 5.54.